The summed E-state index contributed by atoms with van der Waals surface area (Å²) in [6.07, 6.45) is 0.354. The van der Waals surface area contributed by atoms with Gasteiger partial charge in [-0.1, -0.05) is 12.1 Å². The molecule has 0 heterocycles. The molecule has 2 aromatic carbocycles. The highest BCUT2D eigenvalue weighted by Crippen LogP contribution is 2.29. The Morgan fingerprint density at radius 1 is 1.31 bits per heavy atom. The Morgan fingerprint density at radius 3 is 2.81 bits per heavy atom. The molecule has 2 nitrogen and oxygen atoms in total. The van der Waals surface area contributed by atoms with E-state index >= 15 is 0 Å². The van der Waals surface area contributed by atoms with E-state index in [4.69, 9.17) is 10.00 Å². The van der Waals surface area contributed by atoms with Gasteiger partial charge in [-0.3, -0.25) is 0 Å². The summed E-state index contributed by atoms with van der Waals surface area (Å²) in [4.78, 5) is 0.917. The number of thiol groups is 1. The normalized spacial score (nSPS) is 10.1. The number of nitriles is 1. The zero-order valence-corrected chi connectivity index (χ0v) is 9.79. The van der Waals surface area contributed by atoms with Crippen LogP contribution in [0.5, 0.6) is 5.75 Å². The average Bonchev–Trinajstić information content (AvgIpc) is 2.29. The molecule has 0 aliphatic heterocycles. The zero-order chi connectivity index (χ0) is 11.5. The smallest absolute Gasteiger partial charge is 0.123 e. The van der Waals surface area contributed by atoms with Gasteiger partial charge in [-0.15, -0.1) is 12.6 Å². The van der Waals surface area contributed by atoms with E-state index in [0.29, 0.717) is 6.42 Å². The van der Waals surface area contributed by atoms with Crippen molar-refractivity contribution in [1.82, 2.24) is 0 Å². The van der Waals surface area contributed by atoms with E-state index < -0.39 is 0 Å². The van der Waals surface area contributed by atoms with Gasteiger partial charge in [-0.2, -0.15) is 5.26 Å². The molecule has 16 heavy (non-hydrogen) atoms. The Hall–Kier alpha value is -1.66. The fourth-order valence-corrected chi connectivity index (χ4v) is 2.03. The first kappa shape index (κ1) is 10.8. The van der Waals surface area contributed by atoms with E-state index in [2.05, 4.69) is 18.7 Å². The molecule has 0 radical (unpaired) electrons. The standard InChI is InChI=1S/C13H11NOS/c1-15-13-5-2-9-8-10(16)3-4-11(9)12(13)6-7-14/h2-5,8,16H,6H2,1H3. The third-order valence-electron chi connectivity index (χ3n) is 2.55. The van der Waals surface area contributed by atoms with Crippen LogP contribution in [-0.2, 0) is 6.42 Å². The first-order valence-corrected chi connectivity index (χ1v) is 5.36. The third kappa shape index (κ3) is 1.84. The van der Waals surface area contributed by atoms with Crippen LogP contribution in [0.2, 0.25) is 0 Å². The number of hydrogen-bond donors (Lipinski definition) is 1. The molecule has 0 N–H and O–H groups in total. The molecular weight excluding hydrogens is 218 g/mol. The van der Waals surface area contributed by atoms with Crippen LogP contribution in [0.25, 0.3) is 10.8 Å². The lowest BCUT2D eigenvalue weighted by molar-refractivity contribution is 0.411. The second kappa shape index (κ2) is 4.46. The molecule has 2 aromatic rings. The van der Waals surface area contributed by atoms with Gasteiger partial charge in [-0.25, -0.2) is 0 Å². The van der Waals surface area contributed by atoms with Crippen molar-refractivity contribution in [2.24, 2.45) is 0 Å². The number of methoxy groups -OCH3 is 1. The van der Waals surface area contributed by atoms with Crippen molar-refractivity contribution in [2.75, 3.05) is 7.11 Å². The minimum Gasteiger partial charge on any atom is -0.496 e. The summed E-state index contributed by atoms with van der Waals surface area (Å²) in [5, 5.41) is 11.0. The van der Waals surface area contributed by atoms with Crippen LogP contribution in [0.15, 0.2) is 35.2 Å². The van der Waals surface area contributed by atoms with Gasteiger partial charge in [0.05, 0.1) is 19.6 Å². The highest BCUT2D eigenvalue weighted by Gasteiger charge is 2.07. The van der Waals surface area contributed by atoms with Crippen LogP contribution < -0.4 is 4.74 Å². The molecule has 0 atom stereocenters. The van der Waals surface area contributed by atoms with Crippen LogP contribution >= 0.6 is 12.6 Å². The monoisotopic (exact) mass is 229 g/mol. The molecule has 0 bridgehead atoms. The first-order chi connectivity index (χ1) is 7.76. The highest BCUT2D eigenvalue weighted by atomic mass is 32.1. The topological polar surface area (TPSA) is 33.0 Å². The number of fused-ring (bicyclic) bond motifs is 1. The third-order valence-corrected chi connectivity index (χ3v) is 2.83. The summed E-state index contributed by atoms with van der Waals surface area (Å²) < 4.78 is 5.27. The summed E-state index contributed by atoms with van der Waals surface area (Å²) in [5.74, 6) is 0.765. The van der Waals surface area contributed by atoms with E-state index in [1.54, 1.807) is 7.11 Å². The van der Waals surface area contributed by atoms with Crippen molar-refractivity contribution >= 4 is 23.4 Å². The van der Waals surface area contributed by atoms with Gasteiger partial charge in [0.2, 0.25) is 0 Å². The van der Waals surface area contributed by atoms with Gasteiger partial charge in [0, 0.05) is 10.5 Å². The SMILES string of the molecule is COc1ccc2cc(S)ccc2c1CC#N. The summed E-state index contributed by atoms with van der Waals surface area (Å²) in [6.45, 7) is 0. The van der Waals surface area contributed by atoms with Crippen LogP contribution in [0.3, 0.4) is 0 Å². The van der Waals surface area contributed by atoms with Crippen LogP contribution in [-0.4, -0.2) is 7.11 Å². The van der Waals surface area contributed by atoms with Crippen molar-refractivity contribution < 1.29 is 4.74 Å². The predicted molar refractivity (Wildman–Crippen MR) is 67.1 cm³/mol. The molecule has 0 unspecified atom stereocenters. The fourth-order valence-electron chi connectivity index (χ4n) is 1.81. The molecule has 0 aliphatic carbocycles. The van der Waals surface area contributed by atoms with E-state index in [1.807, 2.05) is 30.3 Å². The van der Waals surface area contributed by atoms with Gasteiger partial charge in [0.1, 0.15) is 5.75 Å². The van der Waals surface area contributed by atoms with Gasteiger partial charge in [-0.05, 0) is 29.0 Å². The van der Waals surface area contributed by atoms with Crippen molar-refractivity contribution in [2.45, 2.75) is 11.3 Å². The zero-order valence-electron chi connectivity index (χ0n) is 8.90. The molecule has 0 fully saturated rings. The molecule has 0 spiro atoms. The lowest BCUT2D eigenvalue weighted by atomic mass is 10.0. The number of rotatable bonds is 2. The highest BCUT2D eigenvalue weighted by molar-refractivity contribution is 7.80. The van der Waals surface area contributed by atoms with Gasteiger partial charge in [0.15, 0.2) is 0 Å². The Morgan fingerprint density at radius 2 is 2.12 bits per heavy atom. The number of hydrogen-bond acceptors (Lipinski definition) is 3. The largest absolute Gasteiger partial charge is 0.496 e. The second-order valence-electron chi connectivity index (χ2n) is 3.49. The minimum absolute atomic E-state index is 0.354. The molecule has 0 saturated heterocycles. The van der Waals surface area contributed by atoms with Crippen molar-refractivity contribution in [3.05, 3.63) is 35.9 Å². The van der Waals surface area contributed by atoms with Gasteiger partial charge < -0.3 is 4.74 Å². The maximum atomic E-state index is 8.83. The van der Waals surface area contributed by atoms with Crippen LogP contribution in [0.1, 0.15) is 5.56 Å². The van der Waals surface area contributed by atoms with Crippen LogP contribution in [0, 0.1) is 11.3 Å². The van der Waals surface area contributed by atoms with Gasteiger partial charge >= 0.3 is 0 Å². The second-order valence-corrected chi connectivity index (χ2v) is 4.00. The predicted octanol–water partition coefficient (Wildman–Crippen LogP) is 3.20. The first-order valence-electron chi connectivity index (χ1n) is 4.92. The van der Waals surface area contributed by atoms with E-state index in [-0.39, 0.29) is 0 Å². The molecule has 0 saturated carbocycles. The number of benzene rings is 2. The molecular formula is C13H11NOS. The Labute approximate surface area is 99.9 Å². The van der Waals surface area contributed by atoms with Crippen LogP contribution in [0.4, 0.5) is 0 Å². The summed E-state index contributed by atoms with van der Waals surface area (Å²) in [7, 11) is 1.62. The Balaban J connectivity index is 2.74. The molecule has 0 aromatic heterocycles. The number of nitrogens with zero attached hydrogens (tertiary/aromatic N) is 1. The van der Waals surface area contributed by atoms with E-state index in [1.165, 1.54) is 0 Å². The fraction of sp³-hybridized carbons (Fsp3) is 0.154. The summed E-state index contributed by atoms with van der Waals surface area (Å²) in [5.41, 5.74) is 0.941. The maximum Gasteiger partial charge on any atom is 0.123 e. The molecule has 3 heteroatoms. The summed E-state index contributed by atoms with van der Waals surface area (Å²) in [6, 6.07) is 11.9. The lowest BCUT2D eigenvalue weighted by Crippen LogP contribution is -1.92. The quantitative estimate of drug-likeness (QED) is 0.802. The molecule has 2 rings (SSSR count). The van der Waals surface area contributed by atoms with Crippen molar-refractivity contribution in [3.63, 3.8) is 0 Å². The van der Waals surface area contributed by atoms with Crippen molar-refractivity contribution in [1.29, 1.82) is 5.26 Å². The maximum absolute atomic E-state index is 8.83. The molecule has 80 valence electrons. The van der Waals surface area contributed by atoms with Gasteiger partial charge in [0.25, 0.3) is 0 Å². The number of ether oxygens (including phenoxy) is 1. The Kier molecular flexibility index (Phi) is 3.02. The average molecular weight is 229 g/mol. The lowest BCUT2D eigenvalue weighted by Gasteiger charge is -2.09. The minimum atomic E-state index is 0.354. The van der Waals surface area contributed by atoms with E-state index in [0.717, 1.165) is 27.0 Å². The summed E-state index contributed by atoms with van der Waals surface area (Å²) >= 11 is 4.30. The molecule has 0 amide bonds. The molecule has 0 aliphatic rings. The Bertz CT molecular complexity index is 572. The van der Waals surface area contributed by atoms with Crippen molar-refractivity contribution in [3.8, 4) is 11.8 Å². The van der Waals surface area contributed by atoms with E-state index in [9.17, 15) is 0 Å².